The molecule has 0 unspecified atom stereocenters. The average Bonchev–Trinajstić information content (AvgIpc) is 2.34. The van der Waals surface area contributed by atoms with Crippen LogP contribution in [0.25, 0.3) is 0 Å². The first-order valence-corrected chi connectivity index (χ1v) is 3.85. The first kappa shape index (κ1) is 7.75. The maximum atomic E-state index is 5.33. The van der Waals surface area contributed by atoms with Crippen LogP contribution in [-0.4, -0.2) is 24.4 Å². The molecule has 0 spiro atoms. The maximum absolute atomic E-state index is 5.33. The zero-order valence-electron chi connectivity index (χ0n) is 5.80. The monoisotopic (exact) mass is 160 g/mol. The highest BCUT2D eigenvalue weighted by Crippen LogP contribution is 2.10. The van der Waals surface area contributed by atoms with Gasteiger partial charge in [0.1, 0.15) is 0 Å². The molecule has 4 heteroatoms. The van der Waals surface area contributed by atoms with Crippen LogP contribution in [-0.2, 0) is 4.74 Å². The van der Waals surface area contributed by atoms with Crippen LogP contribution >= 0.6 is 12.2 Å². The van der Waals surface area contributed by atoms with Crippen LogP contribution in [0.15, 0.2) is 0 Å². The lowest BCUT2D eigenvalue weighted by Crippen LogP contribution is -2.35. The summed E-state index contributed by atoms with van der Waals surface area (Å²) in [5.74, 6) is 0. The van der Waals surface area contributed by atoms with E-state index in [-0.39, 0.29) is 0 Å². The first-order valence-electron chi connectivity index (χ1n) is 3.44. The van der Waals surface area contributed by atoms with Crippen LogP contribution in [0, 0.1) is 0 Å². The van der Waals surface area contributed by atoms with Crippen molar-refractivity contribution < 1.29 is 4.74 Å². The zero-order valence-corrected chi connectivity index (χ0v) is 6.62. The normalized spacial score (nSPS) is 24.6. The van der Waals surface area contributed by atoms with Gasteiger partial charge in [-0.2, -0.15) is 0 Å². The summed E-state index contributed by atoms with van der Waals surface area (Å²) < 4.78 is 5.33. The maximum Gasteiger partial charge on any atom is 0.163 e. The van der Waals surface area contributed by atoms with Gasteiger partial charge >= 0.3 is 0 Å². The van der Waals surface area contributed by atoms with Gasteiger partial charge in [0.25, 0.3) is 0 Å². The molecular weight excluding hydrogens is 148 g/mol. The van der Waals surface area contributed by atoms with Gasteiger partial charge in [-0.3, -0.25) is 0 Å². The van der Waals surface area contributed by atoms with Gasteiger partial charge in [-0.05, 0) is 25.1 Å². The molecule has 0 aromatic carbocycles. The molecule has 1 fully saturated rings. The Kier molecular flexibility index (Phi) is 2.89. The summed E-state index contributed by atoms with van der Waals surface area (Å²) in [5.41, 5.74) is 5.24. The van der Waals surface area contributed by atoms with E-state index in [4.69, 9.17) is 10.5 Å². The van der Waals surface area contributed by atoms with Crippen molar-refractivity contribution in [1.82, 2.24) is 5.32 Å². The molecule has 0 aromatic heterocycles. The van der Waals surface area contributed by atoms with E-state index in [1.807, 2.05) is 0 Å². The van der Waals surface area contributed by atoms with E-state index in [1.54, 1.807) is 0 Å². The third-order valence-corrected chi connectivity index (χ3v) is 1.67. The van der Waals surface area contributed by atoms with Crippen molar-refractivity contribution in [2.75, 3.05) is 13.2 Å². The van der Waals surface area contributed by atoms with Crippen LogP contribution in [0.3, 0.4) is 0 Å². The molecule has 1 atom stereocenters. The number of thiocarbonyl (C=S) groups is 1. The fraction of sp³-hybridized carbons (Fsp3) is 0.833. The van der Waals surface area contributed by atoms with Crippen molar-refractivity contribution in [3.05, 3.63) is 0 Å². The Morgan fingerprint density at radius 2 is 2.60 bits per heavy atom. The number of nitrogens with two attached hydrogens (primary N) is 1. The van der Waals surface area contributed by atoms with Crippen molar-refractivity contribution in [1.29, 1.82) is 0 Å². The predicted molar refractivity (Wildman–Crippen MR) is 43.8 cm³/mol. The van der Waals surface area contributed by atoms with E-state index >= 15 is 0 Å². The summed E-state index contributed by atoms with van der Waals surface area (Å²) in [6.07, 6.45) is 2.60. The SMILES string of the molecule is NC(=S)NC[C@H]1CCCO1. The topological polar surface area (TPSA) is 47.3 Å². The van der Waals surface area contributed by atoms with Crippen molar-refractivity contribution in [3.63, 3.8) is 0 Å². The Balaban J connectivity index is 2.07. The minimum absolute atomic E-state index is 0.321. The third kappa shape index (κ3) is 2.49. The standard InChI is InChI=1S/C6H12N2OS/c7-6(10)8-4-5-2-1-3-9-5/h5H,1-4H2,(H3,7,8,10)/t5-/m1/s1. The smallest absolute Gasteiger partial charge is 0.163 e. The van der Waals surface area contributed by atoms with Crippen molar-refractivity contribution >= 4 is 17.3 Å². The number of rotatable bonds is 2. The molecular formula is C6H12N2OS. The van der Waals surface area contributed by atoms with Gasteiger partial charge in [0, 0.05) is 13.2 Å². The van der Waals surface area contributed by atoms with E-state index in [2.05, 4.69) is 17.5 Å². The predicted octanol–water partition coefficient (Wildman–Crippen LogP) is -0.00140. The summed E-state index contributed by atoms with van der Waals surface area (Å²) in [7, 11) is 0. The summed E-state index contributed by atoms with van der Waals surface area (Å²) in [4.78, 5) is 0. The molecule has 58 valence electrons. The van der Waals surface area contributed by atoms with Crippen molar-refractivity contribution in [3.8, 4) is 0 Å². The molecule has 3 N–H and O–H groups in total. The van der Waals surface area contributed by atoms with Crippen LogP contribution in [0.4, 0.5) is 0 Å². The molecule has 0 bridgehead atoms. The highest BCUT2D eigenvalue weighted by Gasteiger charge is 2.14. The van der Waals surface area contributed by atoms with Crippen LogP contribution in [0.2, 0.25) is 0 Å². The zero-order chi connectivity index (χ0) is 7.40. The number of ether oxygens (including phenoxy) is 1. The van der Waals surface area contributed by atoms with Gasteiger partial charge in [0.2, 0.25) is 0 Å². The van der Waals surface area contributed by atoms with Gasteiger partial charge in [0.15, 0.2) is 5.11 Å². The molecule has 3 nitrogen and oxygen atoms in total. The van der Waals surface area contributed by atoms with Gasteiger partial charge < -0.3 is 15.8 Å². The molecule has 0 amide bonds. The number of nitrogens with one attached hydrogen (secondary N) is 1. The van der Waals surface area contributed by atoms with E-state index < -0.39 is 0 Å². The molecule has 0 aromatic rings. The molecule has 0 aliphatic carbocycles. The highest BCUT2D eigenvalue weighted by atomic mass is 32.1. The Morgan fingerprint density at radius 3 is 3.10 bits per heavy atom. The van der Waals surface area contributed by atoms with Crippen LogP contribution < -0.4 is 11.1 Å². The lowest BCUT2D eigenvalue weighted by atomic mass is 10.2. The van der Waals surface area contributed by atoms with Crippen LogP contribution in [0.1, 0.15) is 12.8 Å². The summed E-state index contributed by atoms with van der Waals surface area (Å²) in [6, 6.07) is 0. The lowest BCUT2D eigenvalue weighted by molar-refractivity contribution is 0.114. The third-order valence-electron chi connectivity index (χ3n) is 1.53. The first-order chi connectivity index (χ1) is 4.79. The van der Waals surface area contributed by atoms with Gasteiger partial charge in [-0.25, -0.2) is 0 Å². The quantitative estimate of drug-likeness (QED) is 0.558. The molecule has 0 radical (unpaired) electrons. The van der Waals surface area contributed by atoms with Gasteiger partial charge in [0.05, 0.1) is 6.10 Å². The molecule has 1 saturated heterocycles. The Hall–Kier alpha value is -0.350. The molecule has 0 saturated carbocycles. The number of hydrogen-bond donors (Lipinski definition) is 2. The van der Waals surface area contributed by atoms with E-state index in [0.717, 1.165) is 26.0 Å². The second-order valence-corrected chi connectivity index (χ2v) is 2.82. The Labute approximate surface area is 65.9 Å². The lowest BCUT2D eigenvalue weighted by Gasteiger charge is -2.09. The summed E-state index contributed by atoms with van der Waals surface area (Å²) in [6.45, 7) is 1.64. The van der Waals surface area contributed by atoms with Gasteiger partial charge in [-0.1, -0.05) is 0 Å². The Morgan fingerprint density at radius 1 is 1.80 bits per heavy atom. The van der Waals surface area contributed by atoms with E-state index in [9.17, 15) is 0 Å². The van der Waals surface area contributed by atoms with Crippen LogP contribution in [0.5, 0.6) is 0 Å². The minimum atomic E-state index is 0.321. The fourth-order valence-electron chi connectivity index (χ4n) is 1.02. The molecule has 1 aliphatic rings. The van der Waals surface area contributed by atoms with E-state index in [0.29, 0.717) is 11.2 Å². The second-order valence-electron chi connectivity index (χ2n) is 2.38. The second kappa shape index (κ2) is 3.73. The van der Waals surface area contributed by atoms with Crippen molar-refractivity contribution in [2.24, 2.45) is 5.73 Å². The molecule has 10 heavy (non-hydrogen) atoms. The average molecular weight is 160 g/mol. The summed E-state index contributed by atoms with van der Waals surface area (Å²) >= 11 is 4.64. The fourth-order valence-corrected chi connectivity index (χ4v) is 1.10. The largest absolute Gasteiger partial charge is 0.376 e. The van der Waals surface area contributed by atoms with Gasteiger partial charge in [-0.15, -0.1) is 0 Å². The summed E-state index contributed by atoms with van der Waals surface area (Å²) in [5, 5.41) is 3.23. The highest BCUT2D eigenvalue weighted by molar-refractivity contribution is 7.80. The minimum Gasteiger partial charge on any atom is -0.376 e. The molecule has 1 rings (SSSR count). The Bertz CT molecular complexity index is 123. The molecule has 1 heterocycles. The van der Waals surface area contributed by atoms with Crippen molar-refractivity contribution in [2.45, 2.75) is 18.9 Å². The molecule has 1 aliphatic heterocycles. The number of hydrogen-bond acceptors (Lipinski definition) is 2. The van der Waals surface area contributed by atoms with E-state index in [1.165, 1.54) is 0 Å².